The van der Waals surface area contributed by atoms with Crippen LogP contribution in [0.15, 0.2) is 54.6 Å². The monoisotopic (exact) mass is 283 g/mol. The average Bonchev–Trinajstić information content (AvgIpc) is 2.52. The number of rotatable bonds is 7. The van der Waals surface area contributed by atoms with Gasteiger partial charge in [-0.15, -0.1) is 0 Å². The highest BCUT2D eigenvalue weighted by Crippen LogP contribution is 2.18. The van der Waals surface area contributed by atoms with Crippen LogP contribution in [0, 0.1) is 0 Å². The number of nitrogens with one attached hydrogen (secondary N) is 1. The normalized spacial score (nSPS) is 10.1. The third-order valence-electron chi connectivity index (χ3n) is 3.07. The van der Waals surface area contributed by atoms with Crippen molar-refractivity contribution in [1.82, 2.24) is 0 Å². The van der Waals surface area contributed by atoms with E-state index in [1.54, 1.807) is 0 Å². The Hall–Kier alpha value is -2.29. The number of ether oxygens (including phenoxy) is 1. The van der Waals surface area contributed by atoms with Gasteiger partial charge in [-0.2, -0.15) is 0 Å². The Bertz CT molecular complexity index is 566. The van der Waals surface area contributed by atoms with Gasteiger partial charge in [-0.25, -0.2) is 0 Å². The van der Waals surface area contributed by atoms with E-state index in [2.05, 4.69) is 12.2 Å². The van der Waals surface area contributed by atoms with Crippen molar-refractivity contribution in [3.8, 4) is 5.75 Å². The maximum absolute atomic E-state index is 12.0. The number of amides is 1. The number of carbonyl (C=O) groups excluding carboxylic acids is 1. The molecule has 0 saturated carbocycles. The first-order valence-corrected chi connectivity index (χ1v) is 7.34. The summed E-state index contributed by atoms with van der Waals surface area (Å²) in [6.45, 7) is 2.75. The second-order valence-corrected chi connectivity index (χ2v) is 4.91. The molecule has 2 rings (SSSR count). The number of carbonyl (C=O) groups is 1. The van der Waals surface area contributed by atoms with Gasteiger partial charge in [0.25, 0.3) is 0 Å². The van der Waals surface area contributed by atoms with Crippen LogP contribution in [0.1, 0.15) is 25.3 Å². The van der Waals surface area contributed by atoms with Gasteiger partial charge < -0.3 is 10.1 Å². The lowest BCUT2D eigenvalue weighted by Crippen LogP contribution is -2.12. The van der Waals surface area contributed by atoms with Crippen LogP contribution in [0.25, 0.3) is 0 Å². The van der Waals surface area contributed by atoms with Gasteiger partial charge in [0.05, 0.1) is 6.61 Å². The largest absolute Gasteiger partial charge is 0.494 e. The predicted octanol–water partition coefficient (Wildman–Crippen LogP) is 4.05. The Morgan fingerprint density at radius 1 is 1.10 bits per heavy atom. The molecule has 110 valence electrons. The number of benzene rings is 2. The van der Waals surface area contributed by atoms with E-state index in [4.69, 9.17) is 4.74 Å². The number of hydrogen-bond donors (Lipinski definition) is 1. The molecule has 1 N–H and O–H groups in total. The third-order valence-corrected chi connectivity index (χ3v) is 3.07. The molecule has 3 nitrogen and oxygen atoms in total. The fraction of sp³-hybridized carbons (Fsp3) is 0.278. The molecule has 0 aliphatic heterocycles. The molecule has 21 heavy (non-hydrogen) atoms. The van der Waals surface area contributed by atoms with Gasteiger partial charge in [-0.1, -0.05) is 43.3 Å². The van der Waals surface area contributed by atoms with Crippen LogP contribution in [-0.2, 0) is 11.2 Å². The van der Waals surface area contributed by atoms with Crippen molar-refractivity contribution in [2.24, 2.45) is 0 Å². The summed E-state index contributed by atoms with van der Waals surface area (Å²) >= 11 is 0. The molecule has 0 aliphatic carbocycles. The zero-order valence-electron chi connectivity index (χ0n) is 12.3. The molecule has 0 saturated heterocycles. The Morgan fingerprint density at radius 2 is 1.90 bits per heavy atom. The lowest BCUT2D eigenvalue weighted by atomic mass is 10.1. The molecule has 0 radical (unpaired) electrons. The maximum atomic E-state index is 12.0. The number of hydrogen-bond acceptors (Lipinski definition) is 2. The highest BCUT2D eigenvalue weighted by molar-refractivity contribution is 5.91. The molecule has 3 heteroatoms. The van der Waals surface area contributed by atoms with Crippen LogP contribution < -0.4 is 10.1 Å². The van der Waals surface area contributed by atoms with Crippen LogP contribution in [0.2, 0.25) is 0 Å². The average molecular weight is 283 g/mol. The van der Waals surface area contributed by atoms with Crippen LogP contribution in [0.3, 0.4) is 0 Å². The Kier molecular flexibility index (Phi) is 5.83. The fourth-order valence-corrected chi connectivity index (χ4v) is 2.01. The van der Waals surface area contributed by atoms with Crippen molar-refractivity contribution in [3.05, 3.63) is 60.2 Å². The van der Waals surface area contributed by atoms with Crippen molar-refractivity contribution in [1.29, 1.82) is 0 Å². The highest BCUT2D eigenvalue weighted by atomic mass is 16.5. The minimum absolute atomic E-state index is 0.0199. The smallest absolute Gasteiger partial charge is 0.224 e. The molecule has 0 fully saturated rings. The second-order valence-electron chi connectivity index (χ2n) is 4.91. The van der Waals surface area contributed by atoms with Crippen LogP contribution in [0.4, 0.5) is 5.69 Å². The Morgan fingerprint density at radius 3 is 2.67 bits per heavy atom. The molecule has 2 aromatic carbocycles. The summed E-state index contributed by atoms with van der Waals surface area (Å²) in [5.41, 5.74) is 1.95. The summed E-state index contributed by atoms with van der Waals surface area (Å²) in [5, 5.41) is 2.91. The van der Waals surface area contributed by atoms with E-state index in [9.17, 15) is 4.79 Å². The summed E-state index contributed by atoms with van der Waals surface area (Å²) in [5.74, 6) is 0.809. The number of aryl methyl sites for hydroxylation is 1. The molecule has 0 bridgehead atoms. The lowest BCUT2D eigenvalue weighted by Gasteiger charge is -2.08. The van der Waals surface area contributed by atoms with Crippen LogP contribution in [0.5, 0.6) is 5.75 Å². The number of anilines is 1. The summed E-state index contributed by atoms with van der Waals surface area (Å²) in [4.78, 5) is 12.0. The van der Waals surface area contributed by atoms with E-state index in [0.717, 1.165) is 24.3 Å². The van der Waals surface area contributed by atoms with E-state index in [1.807, 2.05) is 54.6 Å². The van der Waals surface area contributed by atoms with Crippen molar-refractivity contribution >= 4 is 11.6 Å². The van der Waals surface area contributed by atoms with Gasteiger partial charge in [0.15, 0.2) is 0 Å². The molecule has 0 aliphatic rings. The van der Waals surface area contributed by atoms with Gasteiger partial charge >= 0.3 is 0 Å². The molecule has 0 atom stereocenters. The van der Waals surface area contributed by atoms with E-state index >= 15 is 0 Å². The first kappa shape index (κ1) is 15.1. The van der Waals surface area contributed by atoms with Gasteiger partial charge in [-0.05, 0) is 30.5 Å². The van der Waals surface area contributed by atoms with E-state index in [1.165, 1.54) is 5.56 Å². The first-order chi connectivity index (χ1) is 10.3. The van der Waals surface area contributed by atoms with Crippen LogP contribution >= 0.6 is 0 Å². The van der Waals surface area contributed by atoms with Gasteiger partial charge in [0, 0.05) is 18.2 Å². The summed E-state index contributed by atoms with van der Waals surface area (Å²) in [7, 11) is 0. The van der Waals surface area contributed by atoms with E-state index in [-0.39, 0.29) is 5.91 Å². The summed E-state index contributed by atoms with van der Waals surface area (Å²) < 4.78 is 5.56. The third kappa shape index (κ3) is 5.30. The molecule has 0 heterocycles. The molecule has 0 spiro atoms. The molecule has 1 amide bonds. The topological polar surface area (TPSA) is 38.3 Å². The fourth-order valence-electron chi connectivity index (χ4n) is 2.01. The lowest BCUT2D eigenvalue weighted by molar-refractivity contribution is -0.116. The van der Waals surface area contributed by atoms with Crippen molar-refractivity contribution in [2.75, 3.05) is 11.9 Å². The standard InChI is InChI=1S/C18H21NO2/c1-2-13-21-17-10-6-9-16(14-17)19-18(20)12-11-15-7-4-3-5-8-15/h3-10,14H,2,11-13H2,1H3,(H,19,20). The molecular weight excluding hydrogens is 262 g/mol. The first-order valence-electron chi connectivity index (χ1n) is 7.34. The summed E-state index contributed by atoms with van der Waals surface area (Å²) in [6, 6.07) is 17.5. The second kappa shape index (κ2) is 8.10. The highest BCUT2D eigenvalue weighted by Gasteiger charge is 2.04. The van der Waals surface area contributed by atoms with E-state index in [0.29, 0.717) is 13.0 Å². The molecule has 2 aromatic rings. The minimum Gasteiger partial charge on any atom is -0.494 e. The van der Waals surface area contributed by atoms with Gasteiger partial charge in [-0.3, -0.25) is 4.79 Å². The molecule has 0 unspecified atom stereocenters. The van der Waals surface area contributed by atoms with Crippen molar-refractivity contribution in [3.63, 3.8) is 0 Å². The Balaban J connectivity index is 1.84. The SMILES string of the molecule is CCCOc1cccc(NC(=O)CCc2ccccc2)c1. The molecule has 0 aromatic heterocycles. The summed E-state index contributed by atoms with van der Waals surface area (Å²) in [6.07, 6.45) is 2.19. The zero-order valence-corrected chi connectivity index (χ0v) is 12.3. The maximum Gasteiger partial charge on any atom is 0.224 e. The van der Waals surface area contributed by atoms with Gasteiger partial charge in [0.2, 0.25) is 5.91 Å². The van der Waals surface area contributed by atoms with Crippen molar-refractivity contribution in [2.45, 2.75) is 26.2 Å². The quantitative estimate of drug-likeness (QED) is 0.832. The zero-order chi connectivity index (χ0) is 14.9. The van der Waals surface area contributed by atoms with Gasteiger partial charge in [0.1, 0.15) is 5.75 Å². The molecular formula is C18H21NO2. The van der Waals surface area contributed by atoms with Crippen molar-refractivity contribution < 1.29 is 9.53 Å². The van der Waals surface area contributed by atoms with Crippen LogP contribution in [-0.4, -0.2) is 12.5 Å². The Labute approximate surface area is 126 Å². The predicted molar refractivity (Wildman–Crippen MR) is 85.6 cm³/mol. The minimum atomic E-state index is 0.0199. The van der Waals surface area contributed by atoms with E-state index < -0.39 is 0 Å².